The predicted octanol–water partition coefficient (Wildman–Crippen LogP) is 5.72. The van der Waals surface area contributed by atoms with Gasteiger partial charge in [0.2, 0.25) is 16.0 Å². The Hall–Kier alpha value is -2.40. The highest BCUT2D eigenvalue weighted by molar-refractivity contribution is 9.10. The monoisotopic (exact) mass is 564 g/mol. The van der Waals surface area contributed by atoms with Crippen LogP contribution in [0.1, 0.15) is 17.9 Å². The van der Waals surface area contributed by atoms with Gasteiger partial charge in [-0.25, -0.2) is 8.42 Å². The van der Waals surface area contributed by atoms with E-state index < -0.39 is 15.3 Å². The normalized spacial score (nSPS) is 17.7. The molecule has 2 heterocycles. The summed E-state index contributed by atoms with van der Waals surface area (Å²) in [7, 11) is -2.16. The number of benzene rings is 2. The molecule has 0 unspecified atom stereocenters. The van der Waals surface area contributed by atoms with Gasteiger partial charge in [-0.05, 0) is 53.8 Å². The summed E-state index contributed by atoms with van der Waals surface area (Å²) in [5, 5.41) is 10.5. The second kappa shape index (κ2) is 8.75. The number of methoxy groups -OCH3 is 1. The zero-order valence-corrected chi connectivity index (χ0v) is 21.2. The Balaban J connectivity index is 1.53. The molecule has 2 aromatic carbocycles. The largest absolute Gasteiger partial charge is 0.495 e. The number of sulfonamides is 1. The lowest BCUT2D eigenvalue weighted by Crippen LogP contribution is -2.21. The molecule has 7 nitrogen and oxygen atoms in total. The van der Waals surface area contributed by atoms with Crippen molar-refractivity contribution in [2.75, 3.05) is 11.8 Å². The first-order valence-corrected chi connectivity index (χ1v) is 13.6. The molecule has 33 heavy (non-hydrogen) atoms. The topological polar surface area (TPSA) is 86.1 Å². The second-order valence-electron chi connectivity index (χ2n) is 7.56. The number of halogens is 2. The number of aromatic nitrogens is 3. The summed E-state index contributed by atoms with van der Waals surface area (Å²) in [6.07, 6.45) is 0.531. The van der Waals surface area contributed by atoms with Crippen molar-refractivity contribution >= 4 is 54.8 Å². The fourth-order valence-electron chi connectivity index (χ4n) is 3.76. The van der Waals surface area contributed by atoms with Crippen LogP contribution in [0.5, 0.6) is 5.75 Å². The summed E-state index contributed by atoms with van der Waals surface area (Å²) < 4.78 is 37.2. The van der Waals surface area contributed by atoms with Crippen LogP contribution in [0.25, 0.3) is 16.4 Å². The van der Waals surface area contributed by atoms with E-state index in [-0.39, 0.29) is 11.9 Å². The summed E-state index contributed by atoms with van der Waals surface area (Å²) >= 11 is 10.9. The number of hydrogen-bond donors (Lipinski definition) is 1. The van der Waals surface area contributed by atoms with E-state index in [1.54, 1.807) is 29.9 Å². The first kappa shape index (κ1) is 22.4. The molecular weight excluding hydrogens is 548 g/mol. The van der Waals surface area contributed by atoms with Crippen LogP contribution in [0.2, 0.25) is 5.02 Å². The molecule has 0 spiro atoms. The molecular formula is C22H18BrClN4O3S2. The molecule has 0 saturated heterocycles. The summed E-state index contributed by atoms with van der Waals surface area (Å²) in [5.41, 5.74) is 1.56. The Morgan fingerprint density at radius 1 is 1.18 bits per heavy atom. The fourth-order valence-corrected chi connectivity index (χ4v) is 6.52. The Labute approximate surface area is 208 Å². The van der Waals surface area contributed by atoms with E-state index in [0.717, 1.165) is 14.9 Å². The lowest BCUT2D eigenvalue weighted by molar-refractivity contribution is 0.413. The quantitative estimate of drug-likeness (QED) is 0.310. The van der Waals surface area contributed by atoms with E-state index in [1.165, 1.54) is 11.3 Å². The first-order chi connectivity index (χ1) is 15.9. The molecule has 1 N–H and O–H groups in total. The van der Waals surface area contributed by atoms with Gasteiger partial charge < -0.3 is 4.74 Å². The van der Waals surface area contributed by atoms with Gasteiger partial charge in [0.05, 0.1) is 22.9 Å². The smallest absolute Gasteiger partial charge is 0.243 e. The fraction of sp³-hybridized carbons (Fsp3) is 0.182. The molecule has 0 bridgehead atoms. The Morgan fingerprint density at radius 3 is 2.67 bits per heavy atom. The molecule has 1 aliphatic carbocycles. The molecule has 1 aliphatic rings. The number of hydrogen-bond acceptors (Lipinski definition) is 6. The van der Waals surface area contributed by atoms with Gasteiger partial charge in [0.1, 0.15) is 5.75 Å². The minimum Gasteiger partial charge on any atom is -0.495 e. The summed E-state index contributed by atoms with van der Waals surface area (Å²) in [6.45, 7) is 0. The maximum absolute atomic E-state index is 13.3. The van der Waals surface area contributed by atoms with Crippen molar-refractivity contribution in [1.29, 1.82) is 0 Å². The molecule has 0 aliphatic heterocycles. The predicted molar refractivity (Wildman–Crippen MR) is 134 cm³/mol. The van der Waals surface area contributed by atoms with Gasteiger partial charge in [-0.1, -0.05) is 45.7 Å². The molecule has 1 fully saturated rings. The van der Waals surface area contributed by atoms with Crippen molar-refractivity contribution in [3.63, 3.8) is 0 Å². The van der Waals surface area contributed by atoms with E-state index in [4.69, 9.17) is 16.3 Å². The summed E-state index contributed by atoms with van der Waals surface area (Å²) in [6, 6.07) is 16.6. The van der Waals surface area contributed by atoms with Crippen LogP contribution in [0.15, 0.2) is 64.5 Å². The molecule has 4 aromatic rings. The molecule has 0 amide bonds. The lowest BCUT2D eigenvalue weighted by atomic mass is 10.1. The third-order valence-electron chi connectivity index (χ3n) is 5.45. The Morgan fingerprint density at radius 2 is 1.97 bits per heavy atom. The molecule has 5 rings (SSSR count). The van der Waals surface area contributed by atoms with Gasteiger partial charge >= 0.3 is 0 Å². The van der Waals surface area contributed by atoms with Crippen molar-refractivity contribution in [2.45, 2.75) is 17.6 Å². The highest BCUT2D eigenvalue weighted by atomic mass is 79.9. The highest BCUT2D eigenvalue weighted by Crippen LogP contribution is 2.46. The van der Waals surface area contributed by atoms with Crippen molar-refractivity contribution in [1.82, 2.24) is 14.8 Å². The molecule has 2 atom stereocenters. The van der Waals surface area contributed by atoms with Crippen LogP contribution in [0.4, 0.5) is 5.95 Å². The van der Waals surface area contributed by atoms with Gasteiger partial charge in [0, 0.05) is 15.4 Å². The van der Waals surface area contributed by atoms with Gasteiger partial charge in [0.15, 0.2) is 5.82 Å². The third-order valence-corrected chi connectivity index (χ3v) is 8.84. The number of thiophene rings is 1. The zero-order chi connectivity index (χ0) is 23.2. The van der Waals surface area contributed by atoms with Crippen molar-refractivity contribution in [2.24, 2.45) is 0 Å². The number of nitrogens with zero attached hydrogens (tertiary/aromatic N) is 3. The minimum atomic E-state index is -3.72. The van der Waals surface area contributed by atoms with Crippen LogP contribution < -0.4 is 9.46 Å². The van der Waals surface area contributed by atoms with E-state index in [1.807, 2.05) is 41.8 Å². The van der Waals surface area contributed by atoms with Crippen LogP contribution >= 0.6 is 38.9 Å². The maximum Gasteiger partial charge on any atom is 0.243 e. The van der Waals surface area contributed by atoms with Crippen molar-refractivity contribution in [3.05, 3.63) is 75.0 Å². The van der Waals surface area contributed by atoms with Gasteiger partial charge in [-0.15, -0.1) is 21.5 Å². The van der Waals surface area contributed by atoms with E-state index in [9.17, 15) is 8.42 Å². The third kappa shape index (κ3) is 4.40. The van der Waals surface area contributed by atoms with Crippen LogP contribution in [0, 0.1) is 0 Å². The van der Waals surface area contributed by atoms with E-state index in [2.05, 4.69) is 30.8 Å². The second-order valence-corrected chi connectivity index (χ2v) is 11.8. The van der Waals surface area contributed by atoms with Crippen molar-refractivity contribution in [3.8, 4) is 22.1 Å². The Bertz CT molecular complexity index is 1410. The minimum absolute atomic E-state index is 0.0895. The van der Waals surface area contributed by atoms with Crippen LogP contribution in [-0.2, 0) is 10.0 Å². The molecule has 1 saturated carbocycles. The molecule has 2 aromatic heterocycles. The average Bonchev–Trinajstić information content (AvgIpc) is 3.24. The van der Waals surface area contributed by atoms with Crippen molar-refractivity contribution < 1.29 is 13.2 Å². The van der Waals surface area contributed by atoms with Crippen LogP contribution in [-0.4, -0.2) is 35.5 Å². The summed E-state index contributed by atoms with van der Waals surface area (Å²) in [5.74, 6) is 1.09. The molecule has 0 radical (unpaired) electrons. The van der Waals surface area contributed by atoms with E-state index in [0.29, 0.717) is 28.7 Å². The molecule has 11 heteroatoms. The first-order valence-electron chi connectivity index (χ1n) is 9.97. The number of nitrogens with one attached hydrogen (secondary N) is 1. The van der Waals surface area contributed by atoms with Crippen LogP contribution in [0.3, 0.4) is 0 Å². The average molecular weight is 566 g/mol. The van der Waals surface area contributed by atoms with Gasteiger partial charge in [0.25, 0.3) is 0 Å². The zero-order valence-electron chi connectivity index (χ0n) is 17.3. The summed E-state index contributed by atoms with van der Waals surface area (Å²) in [4.78, 5) is 0.848. The number of anilines is 1. The standard InChI is InChI=1S/C22H18BrClN4O3S2/c1-31-18-9-6-14(23)11-17(18)28-21(19-3-2-10-32-19)25-26-22(28)27-33(29,30)20-12-16(20)13-4-7-15(24)8-5-13/h2-11,16,20H,12H2,1H3,(H,26,27)/t16-,20+/m0/s1. The Kier molecular flexibility index (Phi) is 5.94. The van der Waals surface area contributed by atoms with Gasteiger partial charge in [-0.2, -0.15) is 0 Å². The SMILES string of the molecule is COc1ccc(Br)cc1-n1c(NS(=O)(=O)[C@@H]2C[C@H]2c2ccc(Cl)cc2)nnc1-c1cccs1. The highest BCUT2D eigenvalue weighted by Gasteiger charge is 2.48. The van der Waals surface area contributed by atoms with Gasteiger partial charge in [-0.3, -0.25) is 9.29 Å². The lowest BCUT2D eigenvalue weighted by Gasteiger charge is -2.15. The number of ether oxygens (including phenoxy) is 1. The molecule has 170 valence electrons. The number of rotatable bonds is 7. The maximum atomic E-state index is 13.3. The van der Waals surface area contributed by atoms with E-state index >= 15 is 0 Å².